The van der Waals surface area contributed by atoms with Gasteiger partial charge in [0.2, 0.25) is 6.33 Å². The summed E-state index contributed by atoms with van der Waals surface area (Å²) < 4.78 is 65.8. The number of aromatic nitrogens is 5. The van der Waals surface area contributed by atoms with Gasteiger partial charge in [-0.05, 0) is 38.1 Å². The van der Waals surface area contributed by atoms with Gasteiger partial charge in [0, 0.05) is 12.2 Å². The van der Waals surface area contributed by atoms with Crippen LogP contribution >= 0.6 is 7.81 Å². The Balaban J connectivity index is 0.000000360. The van der Waals surface area contributed by atoms with E-state index in [1.54, 1.807) is 0 Å². The van der Waals surface area contributed by atoms with Crippen molar-refractivity contribution >= 4 is 18.8 Å². The molecule has 0 radical (unpaired) electrons. The summed E-state index contributed by atoms with van der Waals surface area (Å²) in [5.41, 5.74) is 4.38. The molecule has 12 heteroatoms. The first kappa shape index (κ1) is 23.7. The van der Waals surface area contributed by atoms with Gasteiger partial charge in [-0.1, -0.05) is 18.2 Å². The van der Waals surface area contributed by atoms with Crippen molar-refractivity contribution in [2.24, 2.45) is 0 Å². The van der Waals surface area contributed by atoms with Crippen molar-refractivity contribution in [1.82, 2.24) is 19.1 Å². The molecular formula is C20H22F6N5P. The van der Waals surface area contributed by atoms with Gasteiger partial charge < -0.3 is 4.57 Å². The van der Waals surface area contributed by atoms with Crippen molar-refractivity contribution in [3.8, 4) is 0 Å². The van der Waals surface area contributed by atoms with Gasteiger partial charge in [0.25, 0.3) is 0 Å². The van der Waals surface area contributed by atoms with Crippen LogP contribution in [0.3, 0.4) is 0 Å². The van der Waals surface area contributed by atoms with Gasteiger partial charge in [0.1, 0.15) is 25.5 Å². The quantitative estimate of drug-likeness (QED) is 0.192. The van der Waals surface area contributed by atoms with Crippen LogP contribution in [-0.4, -0.2) is 19.1 Å². The second-order valence-electron chi connectivity index (χ2n) is 7.25. The third kappa shape index (κ3) is 7.64. The summed E-state index contributed by atoms with van der Waals surface area (Å²) in [6.45, 7) is 6.64. The molecule has 0 bridgehead atoms. The first-order valence-electron chi connectivity index (χ1n) is 9.66. The van der Waals surface area contributed by atoms with E-state index in [0.717, 1.165) is 42.4 Å². The summed E-state index contributed by atoms with van der Waals surface area (Å²) >= 11 is 0. The molecule has 174 valence electrons. The Kier molecular flexibility index (Phi) is 5.84. The molecule has 3 aromatic heterocycles. The normalized spacial score (nSPS) is 13.9. The molecule has 0 unspecified atom stereocenters. The van der Waals surface area contributed by atoms with E-state index >= 15 is 0 Å². The Labute approximate surface area is 180 Å². The van der Waals surface area contributed by atoms with Gasteiger partial charge in [0.05, 0.1) is 16.7 Å². The van der Waals surface area contributed by atoms with E-state index in [-0.39, 0.29) is 0 Å². The number of rotatable bonds is 5. The summed E-state index contributed by atoms with van der Waals surface area (Å²) in [5.74, 6) is 1.08. The average Bonchev–Trinajstić information content (AvgIpc) is 3.22. The zero-order valence-electron chi connectivity index (χ0n) is 17.3. The predicted octanol–water partition coefficient (Wildman–Crippen LogP) is 6.33. The van der Waals surface area contributed by atoms with Crippen LogP contribution in [0.1, 0.15) is 24.1 Å². The van der Waals surface area contributed by atoms with Crippen LogP contribution in [0.2, 0.25) is 0 Å². The topological polar surface area (TPSA) is 39.5 Å². The third-order valence-corrected chi connectivity index (χ3v) is 4.41. The minimum atomic E-state index is -10.7. The second kappa shape index (κ2) is 7.88. The summed E-state index contributed by atoms with van der Waals surface area (Å²) in [5, 5.41) is 0. The van der Waals surface area contributed by atoms with E-state index in [1.807, 2.05) is 19.1 Å². The second-order valence-corrected chi connectivity index (χ2v) is 9.16. The number of imidazole rings is 2. The first-order chi connectivity index (χ1) is 14.7. The fourth-order valence-electron chi connectivity index (χ4n) is 3.26. The molecule has 0 saturated heterocycles. The maximum atomic E-state index is 9.87. The van der Waals surface area contributed by atoms with Crippen LogP contribution in [0.25, 0.3) is 11.0 Å². The number of nitrogens with zero attached hydrogens (tertiary/aromatic N) is 5. The molecule has 0 spiro atoms. The standard InChI is InChI=1S/C20H22N5.F6P/c1-3-25-19-10-5-4-9-18(19)22-20(25)14-24-12-11-23(15-24)13-17-8-6-7-16(2)21-17;1-7(2,3,4,5)6/h4-12,15H,3,13-14H2,1-2H3;/q+1;-1. The van der Waals surface area contributed by atoms with Gasteiger partial charge >= 0.3 is 33.0 Å². The molecule has 0 atom stereocenters. The van der Waals surface area contributed by atoms with Gasteiger partial charge in [-0.25, -0.2) is 14.1 Å². The van der Waals surface area contributed by atoms with Crippen LogP contribution in [0.15, 0.2) is 61.2 Å². The van der Waals surface area contributed by atoms with Crippen LogP contribution in [0.5, 0.6) is 0 Å². The third-order valence-electron chi connectivity index (χ3n) is 4.41. The monoisotopic (exact) mass is 477 g/mol. The molecule has 0 aliphatic rings. The number of halogens is 6. The summed E-state index contributed by atoms with van der Waals surface area (Å²) in [7, 11) is -10.7. The van der Waals surface area contributed by atoms with Gasteiger partial charge in [0.15, 0.2) is 5.82 Å². The first-order valence-corrected chi connectivity index (χ1v) is 11.7. The molecule has 0 N–H and O–H groups in total. The van der Waals surface area contributed by atoms with Gasteiger partial charge in [-0.15, -0.1) is 0 Å². The van der Waals surface area contributed by atoms with Crippen molar-refractivity contribution in [2.45, 2.75) is 33.5 Å². The Morgan fingerprint density at radius 1 is 0.938 bits per heavy atom. The Morgan fingerprint density at radius 2 is 1.62 bits per heavy atom. The molecule has 1 aromatic carbocycles. The number of para-hydroxylation sites is 2. The van der Waals surface area contributed by atoms with E-state index in [0.29, 0.717) is 0 Å². The zero-order chi connectivity index (χ0) is 23.6. The number of pyridine rings is 1. The summed E-state index contributed by atoms with van der Waals surface area (Å²) in [6, 6.07) is 14.5. The molecule has 0 aliphatic heterocycles. The summed E-state index contributed by atoms with van der Waals surface area (Å²) in [4.78, 5) is 9.38. The van der Waals surface area contributed by atoms with E-state index in [2.05, 4.69) is 74.7 Å². The van der Waals surface area contributed by atoms with E-state index in [4.69, 9.17) is 4.98 Å². The zero-order valence-corrected chi connectivity index (χ0v) is 18.2. The van der Waals surface area contributed by atoms with Gasteiger partial charge in [-0.2, -0.15) is 0 Å². The molecule has 0 amide bonds. The van der Waals surface area contributed by atoms with Crippen molar-refractivity contribution in [1.29, 1.82) is 0 Å². The van der Waals surface area contributed by atoms with Crippen LogP contribution in [-0.2, 0) is 19.6 Å². The molecule has 0 aliphatic carbocycles. The van der Waals surface area contributed by atoms with E-state index in [9.17, 15) is 25.2 Å². The molecule has 5 nitrogen and oxygen atoms in total. The number of fused-ring (bicyclic) bond motifs is 1. The predicted molar refractivity (Wildman–Crippen MR) is 111 cm³/mol. The maximum absolute atomic E-state index is 10.7. The van der Waals surface area contributed by atoms with Gasteiger partial charge in [-0.3, -0.25) is 4.98 Å². The summed E-state index contributed by atoms with van der Waals surface area (Å²) in [6.07, 6.45) is 6.29. The number of hydrogen-bond acceptors (Lipinski definition) is 2. The molecule has 32 heavy (non-hydrogen) atoms. The Bertz CT molecular complexity index is 1220. The Morgan fingerprint density at radius 3 is 2.28 bits per heavy atom. The number of benzene rings is 1. The van der Waals surface area contributed by atoms with Crippen LogP contribution in [0, 0.1) is 6.92 Å². The minimum absolute atomic E-state index is 0.761. The van der Waals surface area contributed by atoms with Crippen LogP contribution in [0.4, 0.5) is 25.2 Å². The molecule has 0 fully saturated rings. The molecule has 3 heterocycles. The van der Waals surface area contributed by atoms with Crippen molar-refractivity contribution in [2.75, 3.05) is 0 Å². The average molecular weight is 477 g/mol. The molecular weight excluding hydrogens is 455 g/mol. The number of aryl methyl sites for hydroxylation is 2. The molecule has 4 rings (SSSR count). The fourth-order valence-corrected chi connectivity index (χ4v) is 3.26. The Hall–Kier alpha value is -2.94. The van der Waals surface area contributed by atoms with Crippen molar-refractivity contribution < 1.29 is 29.7 Å². The van der Waals surface area contributed by atoms with Crippen LogP contribution < -0.4 is 4.57 Å². The molecule has 0 saturated carbocycles. The van der Waals surface area contributed by atoms with E-state index < -0.39 is 7.81 Å². The van der Waals surface area contributed by atoms with Crippen molar-refractivity contribution in [3.63, 3.8) is 0 Å². The number of hydrogen-bond donors (Lipinski definition) is 0. The van der Waals surface area contributed by atoms with Crippen molar-refractivity contribution in [3.05, 3.63) is 78.4 Å². The van der Waals surface area contributed by atoms with E-state index in [1.165, 1.54) is 5.52 Å². The fraction of sp³-hybridized carbons (Fsp3) is 0.250. The molecule has 4 aromatic rings. The SMILES string of the molecule is CCn1c(Cn2cc[n+](Cc3cccc(C)n3)c2)nc2ccccc21.F[P-](F)(F)(F)(F)F.